The Morgan fingerprint density at radius 3 is 2.71 bits per heavy atom. The molecular weight excluding hydrogens is 356 g/mol. The Morgan fingerprint density at radius 2 is 1.93 bits per heavy atom. The molecule has 0 atom stereocenters. The van der Waals surface area contributed by atoms with Gasteiger partial charge in [-0.3, -0.25) is 9.59 Å². The highest BCUT2D eigenvalue weighted by atomic mass is 16.5. The molecule has 0 aliphatic carbocycles. The molecule has 1 N–H and O–H groups in total. The average Bonchev–Trinajstić information content (AvgIpc) is 3.11. The van der Waals surface area contributed by atoms with Gasteiger partial charge in [-0.05, 0) is 43.5 Å². The van der Waals surface area contributed by atoms with Gasteiger partial charge >= 0.3 is 5.97 Å². The van der Waals surface area contributed by atoms with Crippen molar-refractivity contribution in [1.29, 1.82) is 0 Å². The van der Waals surface area contributed by atoms with E-state index in [1.807, 2.05) is 18.2 Å². The van der Waals surface area contributed by atoms with Crippen LogP contribution in [0.1, 0.15) is 41.6 Å². The number of nitrogens with zero attached hydrogens (tertiary/aromatic N) is 1. The number of ether oxygens (including phenoxy) is 1. The van der Waals surface area contributed by atoms with Crippen molar-refractivity contribution in [2.45, 2.75) is 32.6 Å². The Morgan fingerprint density at radius 1 is 1.11 bits per heavy atom. The van der Waals surface area contributed by atoms with E-state index in [0.717, 1.165) is 19.3 Å². The normalized spacial score (nSPS) is 10.8. The molecule has 0 saturated carbocycles. The number of amides is 1. The molecule has 0 spiro atoms. The fourth-order valence-electron chi connectivity index (χ4n) is 2.93. The molecule has 0 saturated heterocycles. The Kier molecular flexibility index (Phi) is 6.78. The number of carbonyl (C=O) groups is 2. The molecule has 1 aromatic heterocycles. The first-order valence-electron chi connectivity index (χ1n) is 9.53. The zero-order chi connectivity index (χ0) is 19.8. The van der Waals surface area contributed by atoms with Crippen molar-refractivity contribution >= 4 is 23.0 Å². The topological polar surface area (TPSA) is 81.4 Å². The number of carbonyl (C=O) groups excluding carboxylic acids is 2. The Bertz CT molecular complexity index is 934. The number of oxazole rings is 1. The van der Waals surface area contributed by atoms with Gasteiger partial charge in [0.1, 0.15) is 5.52 Å². The van der Waals surface area contributed by atoms with Crippen molar-refractivity contribution in [3.05, 3.63) is 65.5 Å². The van der Waals surface area contributed by atoms with Gasteiger partial charge in [0.2, 0.25) is 0 Å². The molecule has 0 fully saturated rings. The van der Waals surface area contributed by atoms with E-state index >= 15 is 0 Å². The highest BCUT2D eigenvalue weighted by molar-refractivity contribution is 5.97. The second-order valence-corrected chi connectivity index (χ2v) is 6.44. The molecule has 3 aromatic rings. The van der Waals surface area contributed by atoms with Gasteiger partial charge in [-0.2, -0.15) is 0 Å². The highest BCUT2D eigenvalue weighted by Gasteiger charge is 2.11. The second kappa shape index (κ2) is 9.69. The van der Waals surface area contributed by atoms with Gasteiger partial charge < -0.3 is 14.5 Å². The fourth-order valence-corrected chi connectivity index (χ4v) is 2.93. The summed E-state index contributed by atoms with van der Waals surface area (Å²) in [6.45, 7) is 2.32. The maximum absolute atomic E-state index is 12.2. The van der Waals surface area contributed by atoms with E-state index in [4.69, 9.17) is 9.15 Å². The fraction of sp³-hybridized carbons (Fsp3) is 0.318. The van der Waals surface area contributed by atoms with Crippen LogP contribution in [0, 0.1) is 0 Å². The van der Waals surface area contributed by atoms with Gasteiger partial charge in [0.25, 0.3) is 5.91 Å². The summed E-state index contributed by atoms with van der Waals surface area (Å²) < 4.78 is 10.6. The molecule has 1 heterocycles. The standard InChI is InChI=1S/C22H24N2O4/c1-2-27-21(25)13-14-23-22(26)17-11-12-19-18(15-17)24-20(28-19)10-6-9-16-7-4-3-5-8-16/h3-5,7-8,11-12,15H,2,6,9-10,13-14H2,1H3,(H,23,26). The first-order valence-corrected chi connectivity index (χ1v) is 9.53. The van der Waals surface area contributed by atoms with Crippen molar-refractivity contribution in [2.24, 2.45) is 0 Å². The first kappa shape index (κ1) is 19.6. The molecule has 0 aliphatic rings. The molecule has 3 rings (SSSR count). The molecule has 2 aromatic carbocycles. The third kappa shape index (κ3) is 5.42. The summed E-state index contributed by atoms with van der Waals surface area (Å²) >= 11 is 0. The zero-order valence-electron chi connectivity index (χ0n) is 15.9. The molecule has 6 nitrogen and oxygen atoms in total. The van der Waals surface area contributed by atoms with Crippen molar-refractivity contribution in [3.63, 3.8) is 0 Å². The number of hydrogen-bond donors (Lipinski definition) is 1. The third-order valence-corrected chi connectivity index (χ3v) is 4.31. The lowest BCUT2D eigenvalue weighted by molar-refractivity contribution is -0.142. The summed E-state index contributed by atoms with van der Waals surface area (Å²) in [6, 6.07) is 15.5. The minimum absolute atomic E-state index is 0.150. The van der Waals surface area contributed by atoms with E-state index in [1.54, 1.807) is 25.1 Å². The monoisotopic (exact) mass is 380 g/mol. The number of hydrogen-bond acceptors (Lipinski definition) is 5. The lowest BCUT2D eigenvalue weighted by atomic mass is 10.1. The van der Waals surface area contributed by atoms with Gasteiger partial charge in [-0.15, -0.1) is 0 Å². The number of aromatic nitrogens is 1. The smallest absolute Gasteiger partial charge is 0.307 e. The molecule has 1 amide bonds. The van der Waals surface area contributed by atoms with E-state index in [2.05, 4.69) is 22.4 Å². The highest BCUT2D eigenvalue weighted by Crippen LogP contribution is 2.19. The van der Waals surface area contributed by atoms with Gasteiger partial charge in [-0.25, -0.2) is 4.98 Å². The van der Waals surface area contributed by atoms with Crippen LogP contribution < -0.4 is 5.32 Å². The first-order chi connectivity index (χ1) is 13.7. The molecule has 146 valence electrons. The van der Waals surface area contributed by atoms with Crippen LogP contribution in [0.4, 0.5) is 0 Å². The van der Waals surface area contributed by atoms with Crippen LogP contribution >= 0.6 is 0 Å². The summed E-state index contributed by atoms with van der Waals surface area (Å²) in [6.07, 6.45) is 2.80. The maximum Gasteiger partial charge on any atom is 0.307 e. The van der Waals surface area contributed by atoms with Crippen molar-refractivity contribution < 1.29 is 18.7 Å². The Balaban J connectivity index is 1.54. The lowest BCUT2D eigenvalue weighted by Crippen LogP contribution is -2.26. The molecule has 6 heteroatoms. The minimum atomic E-state index is -0.324. The Labute approximate surface area is 163 Å². The molecule has 0 bridgehead atoms. The summed E-state index contributed by atoms with van der Waals surface area (Å²) in [7, 11) is 0. The molecule has 0 unspecified atom stereocenters. The predicted octanol–water partition coefficient (Wildman–Crippen LogP) is 3.69. The third-order valence-electron chi connectivity index (χ3n) is 4.31. The van der Waals surface area contributed by atoms with Crippen LogP contribution in [-0.4, -0.2) is 30.0 Å². The average molecular weight is 380 g/mol. The van der Waals surface area contributed by atoms with E-state index in [0.29, 0.717) is 29.2 Å². The molecule has 0 radical (unpaired) electrons. The van der Waals surface area contributed by atoms with E-state index < -0.39 is 0 Å². The Hall–Kier alpha value is -3.15. The van der Waals surface area contributed by atoms with Gasteiger partial charge in [0.15, 0.2) is 11.5 Å². The van der Waals surface area contributed by atoms with Crippen molar-refractivity contribution in [3.8, 4) is 0 Å². The van der Waals surface area contributed by atoms with Crippen LogP contribution in [0.3, 0.4) is 0 Å². The van der Waals surface area contributed by atoms with Crippen LogP contribution in [-0.2, 0) is 22.4 Å². The second-order valence-electron chi connectivity index (χ2n) is 6.44. The van der Waals surface area contributed by atoms with E-state index in [1.165, 1.54) is 5.56 Å². The van der Waals surface area contributed by atoms with Gasteiger partial charge in [0.05, 0.1) is 13.0 Å². The van der Waals surface area contributed by atoms with Gasteiger partial charge in [0, 0.05) is 18.5 Å². The van der Waals surface area contributed by atoms with Crippen LogP contribution in [0.15, 0.2) is 52.9 Å². The SMILES string of the molecule is CCOC(=O)CCNC(=O)c1ccc2oc(CCCc3ccccc3)nc2c1. The largest absolute Gasteiger partial charge is 0.466 e. The number of esters is 1. The van der Waals surface area contributed by atoms with Gasteiger partial charge in [-0.1, -0.05) is 30.3 Å². The van der Waals surface area contributed by atoms with E-state index in [-0.39, 0.29) is 24.8 Å². The quantitative estimate of drug-likeness (QED) is 0.573. The van der Waals surface area contributed by atoms with Crippen LogP contribution in [0.25, 0.3) is 11.1 Å². The van der Waals surface area contributed by atoms with E-state index in [9.17, 15) is 9.59 Å². The van der Waals surface area contributed by atoms with Crippen molar-refractivity contribution in [1.82, 2.24) is 10.3 Å². The number of nitrogens with one attached hydrogen (secondary N) is 1. The summed E-state index contributed by atoms with van der Waals surface area (Å²) in [5.41, 5.74) is 3.10. The molecule has 28 heavy (non-hydrogen) atoms. The molecular formula is C22H24N2O4. The lowest BCUT2D eigenvalue weighted by Gasteiger charge is -2.05. The van der Waals surface area contributed by atoms with Crippen LogP contribution in [0.2, 0.25) is 0 Å². The van der Waals surface area contributed by atoms with Crippen LogP contribution in [0.5, 0.6) is 0 Å². The summed E-state index contributed by atoms with van der Waals surface area (Å²) in [5.74, 6) is 0.0977. The number of benzene rings is 2. The predicted molar refractivity (Wildman–Crippen MR) is 106 cm³/mol. The van der Waals surface area contributed by atoms with Crippen molar-refractivity contribution in [2.75, 3.05) is 13.2 Å². The maximum atomic E-state index is 12.2. The number of rotatable bonds is 9. The summed E-state index contributed by atoms with van der Waals surface area (Å²) in [4.78, 5) is 28.1. The number of fused-ring (bicyclic) bond motifs is 1. The number of aryl methyl sites for hydroxylation is 2. The minimum Gasteiger partial charge on any atom is -0.466 e. The molecule has 0 aliphatic heterocycles. The zero-order valence-corrected chi connectivity index (χ0v) is 15.9. The summed E-state index contributed by atoms with van der Waals surface area (Å²) in [5, 5.41) is 2.71.